The standard InChI is InChI=1S/C14H20N4S/c1-4-15-8-12-5-6-16-14(7-12)18(3)9-13-11(2)17-10-19-13/h5-7,10,15H,4,8-9H2,1-3H3. The van der Waals surface area contributed by atoms with E-state index in [4.69, 9.17) is 0 Å². The number of nitrogens with zero attached hydrogens (tertiary/aromatic N) is 3. The quantitative estimate of drug-likeness (QED) is 0.880. The summed E-state index contributed by atoms with van der Waals surface area (Å²) in [5.74, 6) is 1.00. The van der Waals surface area contributed by atoms with Crippen LogP contribution in [0.25, 0.3) is 0 Å². The van der Waals surface area contributed by atoms with Crippen LogP contribution in [-0.2, 0) is 13.1 Å². The van der Waals surface area contributed by atoms with Gasteiger partial charge in [-0.1, -0.05) is 6.92 Å². The van der Waals surface area contributed by atoms with Gasteiger partial charge in [0, 0.05) is 24.7 Å². The number of anilines is 1. The maximum atomic E-state index is 4.44. The van der Waals surface area contributed by atoms with Crippen molar-refractivity contribution in [3.8, 4) is 0 Å². The first-order valence-electron chi connectivity index (χ1n) is 6.46. The van der Waals surface area contributed by atoms with Crippen molar-refractivity contribution in [3.63, 3.8) is 0 Å². The SMILES string of the molecule is CCNCc1ccnc(N(C)Cc2scnc2C)c1. The van der Waals surface area contributed by atoms with E-state index in [9.17, 15) is 0 Å². The largest absolute Gasteiger partial charge is 0.354 e. The summed E-state index contributed by atoms with van der Waals surface area (Å²) in [7, 11) is 2.07. The van der Waals surface area contributed by atoms with Gasteiger partial charge in [0.25, 0.3) is 0 Å². The summed E-state index contributed by atoms with van der Waals surface area (Å²) in [6.45, 7) is 6.89. The van der Waals surface area contributed by atoms with Crippen LogP contribution in [0.3, 0.4) is 0 Å². The van der Waals surface area contributed by atoms with Gasteiger partial charge in [-0.25, -0.2) is 9.97 Å². The Labute approximate surface area is 118 Å². The highest BCUT2D eigenvalue weighted by atomic mass is 32.1. The van der Waals surface area contributed by atoms with Crippen LogP contribution in [0.4, 0.5) is 5.82 Å². The molecule has 2 aromatic heterocycles. The van der Waals surface area contributed by atoms with Crippen molar-refractivity contribution in [3.05, 3.63) is 40.0 Å². The first-order valence-corrected chi connectivity index (χ1v) is 7.34. The van der Waals surface area contributed by atoms with Crippen molar-refractivity contribution in [2.45, 2.75) is 26.9 Å². The van der Waals surface area contributed by atoms with Crippen LogP contribution in [0.1, 0.15) is 23.1 Å². The molecule has 2 heterocycles. The second-order valence-corrected chi connectivity index (χ2v) is 5.46. The Bertz CT molecular complexity index is 524. The van der Waals surface area contributed by atoms with Gasteiger partial charge in [0.05, 0.1) is 17.7 Å². The summed E-state index contributed by atoms with van der Waals surface area (Å²) < 4.78 is 0. The molecule has 0 radical (unpaired) electrons. The normalized spacial score (nSPS) is 10.7. The molecule has 0 spiro atoms. The number of thiazole rings is 1. The van der Waals surface area contributed by atoms with Crippen molar-refractivity contribution in [1.82, 2.24) is 15.3 Å². The molecular weight excluding hydrogens is 256 g/mol. The van der Waals surface area contributed by atoms with E-state index in [-0.39, 0.29) is 0 Å². The van der Waals surface area contributed by atoms with Crippen molar-refractivity contribution >= 4 is 17.2 Å². The summed E-state index contributed by atoms with van der Waals surface area (Å²) in [4.78, 5) is 12.2. The Morgan fingerprint density at radius 3 is 2.89 bits per heavy atom. The number of nitrogens with one attached hydrogen (secondary N) is 1. The van der Waals surface area contributed by atoms with Crippen LogP contribution in [0.15, 0.2) is 23.8 Å². The molecule has 0 aromatic carbocycles. The smallest absolute Gasteiger partial charge is 0.128 e. The monoisotopic (exact) mass is 276 g/mol. The van der Waals surface area contributed by atoms with Gasteiger partial charge in [0.2, 0.25) is 0 Å². The summed E-state index contributed by atoms with van der Waals surface area (Å²) in [5, 5.41) is 3.33. The molecule has 0 bridgehead atoms. The molecule has 0 aliphatic rings. The van der Waals surface area contributed by atoms with Gasteiger partial charge >= 0.3 is 0 Å². The number of hydrogen-bond donors (Lipinski definition) is 1. The van der Waals surface area contributed by atoms with Crippen LogP contribution in [0, 0.1) is 6.92 Å². The molecule has 0 unspecified atom stereocenters. The molecule has 0 fully saturated rings. The molecule has 19 heavy (non-hydrogen) atoms. The second-order valence-electron chi connectivity index (χ2n) is 4.52. The number of rotatable bonds is 6. The molecule has 0 saturated heterocycles. The third-order valence-electron chi connectivity index (χ3n) is 3.01. The topological polar surface area (TPSA) is 41.1 Å². The van der Waals surface area contributed by atoms with Crippen LogP contribution in [0.5, 0.6) is 0 Å². The Morgan fingerprint density at radius 1 is 1.37 bits per heavy atom. The highest BCUT2D eigenvalue weighted by molar-refractivity contribution is 7.09. The summed E-state index contributed by atoms with van der Waals surface area (Å²) in [6.07, 6.45) is 1.87. The lowest BCUT2D eigenvalue weighted by Crippen LogP contribution is -2.18. The van der Waals surface area contributed by atoms with Gasteiger partial charge in [-0.3, -0.25) is 0 Å². The predicted octanol–water partition coefficient (Wildman–Crippen LogP) is 2.59. The van der Waals surface area contributed by atoms with Crippen LogP contribution in [0.2, 0.25) is 0 Å². The van der Waals surface area contributed by atoms with E-state index < -0.39 is 0 Å². The Balaban J connectivity index is 2.06. The summed E-state index contributed by atoms with van der Waals surface area (Å²) >= 11 is 1.70. The lowest BCUT2D eigenvalue weighted by atomic mass is 10.2. The Kier molecular flexibility index (Phi) is 4.87. The number of aromatic nitrogens is 2. The minimum absolute atomic E-state index is 0.855. The van der Waals surface area contributed by atoms with E-state index in [1.54, 1.807) is 11.3 Å². The highest BCUT2D eigenvalue weighted by Gasteiger charge is 2.08. The summed E-state index contributed by atoms with van der Waals surface area (Å²) in [6, 6.07) is 4.19. The maximum Gasteiger partial charge on any atom is 0.128 e. The van der Waals surface area contributed by atoms with E-state index in [2.05, 4.69) is 53.2 Å². The van der Waals surface area contributed by atoms with Gasteiger partial charge in [-0.05, 0) is 31.2 Å². The molecule has 2 aromatic rings. The van der Waals surface area contributed by atoms with Crippen molar-refractivity contribution < 1.29 is 0 Å². The molecule has 0 aliphatic heterocycles. The van der Waals surface area contributed by atoms with Crippen LogP contribution >= 0.6 is 11.3 Å². The number of pyridine rings is 1. The molecule has 0 atom stereocenters. The van der Waals surface area contributed by atoms with Crippen LogP contribution in [-0.4, -0.2) is 23.6 Å². The first-order chi connectivity index (χ1) is 9.20. The number of aryl methyl sites for hydroxylation is 1. The van der Waals surface area contributed by atoms with E-state index >= 15 is 0 Å². The highest BCUT2D eigenvalue weighted by Crippen LogP contribution is 2.18. The Morgan fingerprint density at radius 2 is 2.21 bits per heavy atom. The average Bonchev–Trinajstić information content (AvgIpc) is 2.82. The lowest BCUT2D eigenvalue weighted by Gasteiger charge is -2.18. The van der Waals surface area contributed by atoms with Gasteiger partial charge in [0.15, 0.2) is 0 Å². The molecule has 2 rings (SSSR count). The van der Waals surface area contributed by atoms with Gasteiger partial charge < -0.3 is 10.2 Å². The molecular formula is C14H20N4S. The molecule has 102 valence electrons. The first kappa shape index (κ1) is 14.0. The minimum Gasteiger partial charge on any atom is -0.354 e. The van der Waals surface area contributed by atoms with Crippen molar-refractivity contribution in [2.24, 2.45) is 0 Å². The third-order valence-corrected chi connectivity index (χ3v) is 3.93. The van der Waals surface area contributed by atoms with E-state index in [0.717, 1.165) is 31.1 Å². The fourth-order valence-corrected chi connectivity index (χ4v) is 2.65. The van der Waals surface area contributed by atoms with Crippen molar-refractivity contribution in [1.29, 1.82) is 0 Å². The zero-order chi connectivity index (χ0) is 13.7. The summed E-state index contributed by atoms with van der Waals surface area (Å²) in [5.41, 5.74) is 4.27. The van der Waals surface area contributed by atoms with Gasteiger partial charge in [-0.15, -0.1) is 11.3 Å². The van der Waals surface area contributed by atoms with E-state index in [0.29, 0.717) is 0 Å². The second kappa shape index (κ2) is 6.63. The third kappa shape index (κ3) is 3.75. The minimum atomic E-state index is 0.855. The Hall–Kier alpha value is -1.46. The predicted molar refractivity (Wildman–Crippen MR) is 80.6 cm³/mol. The molecule has 5 heteroatoms. The maximum absolute atomic E-state index is 4.44. The molecule has 4 nitrogen and oxygen atoms in total. The lowest BCUT2D eigenvalue weighted by molar-refractivity contribution is 0.725. The van der Waals surface area contributed by atoms with E-state index in [1.807, 2.05) is 11.7 Å². The van der Waals surface area contributed by atoms with E-state index in [1.165, 1.54) is 10.4 Å². The number of hydrogen-bond acceptors (Lipinski definition) is 5. The average molecular weight is 276 g/mol. The fraction of sp³-hybridized carbons (Fsp3) is 0.429. The zero-order valence-corrected chi connectivity index (χ0v) is 12.5. The van der Waals surface area contributed by atoms with Crippen LogP contribution < -0.4 is 10.2 Å². The molecule has 1 N–H and O–H groups in total. The molecule has 0 amide bonds. The fourth-order valence-electron chi connectivity index (χ4n) is 1.82. The molecule has 0 saturated carbocycles. The van der Waals surface area contributed by atoms with Crippen molar-refractivity contribution in [2.75, 3.05) is 18.5 Å². The zero-order valence-electron chi connectivity index (χ0n) is 11.7. The molecule has 0 aliphatic carbocycles. The van der Waals surface area contributed by atoms with Gasteiger partial charge in [-0.2, -0.15) is 0 Å². The van der Waals surface area contributed by atoms with Gasteiger partial charge in [0.1, 0.15) is 5.82 Å².